The second-order valence-electron chi connectivity index (χ2n) is 6.39. The number of nitro benzene ring substituents is 1. The van der Waals surface area contributed by atoms with Gasteiger partial charge in [0.05, 0.1) is 4.92 Å². The normalized spacial score (nSPS) is 10.7. The lowest BCUT2D eigenvalue weighted by Gasteiger charge is -2.09. The van der Waals surface area contributed by atoms with Gasteiger partial charge >= 0.3 is 5.97 Å². The van der Waals surface area contributed by atoms with Gasteiger partial charge in [-0.05, 0) is 44.0 Å². The van der Waals surface area contributed by atoms with E-state index >= 15 is 0 Å². The zero-order chi connectivity index (χ0) is 20.4. The number of esters is 1. The van der Waals surface area contributed by atoms with Gasteiger partial charge in [-0.3, -0.25) is 14.9 Å². The van der Waals surface area contributed by atoms with E-state index in [-0.39, 0.29) is 17.1 Å². The number of benzene rings is 2. The van der Waals surface area contributed by atoms with Crippen LogP contribution < -0.4 is 5.32 Å². The highest BCUT2D eigenvalue weighted by Gasteiger charge is 2.21. The summed E-state index contributed by atoms with van der Waals surface area (Å²) in [4.78, 5) is 35.0. The summed E-state index contributed by atoms with van der Waals surface area (Å²) in [7, 11) is 0. The first kappa shape index (κ1) is 19.1. The molecule has 3 rings (SSSR count). The molecule has 0 spiro atoms. The maximum atomic E-state index is 12.3. The molecule has 8 heteroatoms. The Balaban J connectivity index is 1.70. The van der Waals surface area contributed by atoms with Gasteiger partial charge in [0.25, 0.3) is 11.6 Å². The number of para-hydroxylation sites is 1. The van der Waals surface area contributed by atoms with E-state index in [1.807, 2.05) is 12.1 Å². The third kappa shape index (κ3) is 3.71. The van der Waals surface area contributed by atoms with Crippen molar-refractivity contribution in [2.24, 2.45) is 0 Å². The highest BCUT2D eigenvalue weighted by molar-refractivity contribution is 5.99. The largest absolute Gasteiger partial charge is 0.450 e. The fraction of sp³-hybridized carbons (Fsp3) is 0.200. The van der Waals surface area contributed by atoms with E-state index in [0.29, 0.717) is 11.1 Å². The average molecular weight is 382 g/mol. The molecule has 2 aromatic carbocycles. The summed E-state index contributed by atoms with van der Waals surface area (Å²) in [6.45, 7) is 4.64. The maximum Gasteiger partial charge on any atom is 0.375 e. The lowest BCUT2D eigenvalue weighted by atomic mass is 10.1. The SMILES string of the molecule is Cc1cc(NC(=O)COC(=O)c2oc3ccccc3c2C)c([N+](=O)[O-])cc1C. The Hall–Kier alpha value is -3.68. The quantitative estimate of drug-likeness (QED) is 0.404. The van der Waals surface area contributed by atoms with Gasteiger partial charge in [0, 0.05) is 17.0 Å². The molecule has 0 saturated heterocycles. The van der Waals surface area contributed by atoms with Crippen LogP contribution in [0, 0.1) is 30.9 Å². The maximum absolute atomic E-state index is 12.3. The van der Waals surface area contributed by atoms with Crippen molar-refractivity contribution < 1.29 is 23.7 Å². The molecule has 0 bridgehead atoms. The molecule has 0 radical (unpaired) electrons. The molecule has 0 fully saturated rings. The second-order valence-corrected chi connectivity index (χ2v) is 6.39. The number of nitro groups is 1. The number of carbonyl (C=O) groups excluding carboxylic acids is 2. The number of nitrogens with zero attached hydrogens (tertiary/aromatic N) is 1. The Morgan fingerprint density at radius 1 is 1.14 bits per heavy atom. The summed E-state index contributed by atoms with van der Waals surface area (Å²) in [6.07, 6.45) is 0. The molecular weight excluding hydrogens is 364 g/mol. The van der Waals surface area contributed by atoms with Crippen molar-refractivity contribution in [3.63, 3.8) is 0 Å². The van der Waals surface area contributed by atoms with Crippen molar-refractivity contribution in [1.29, 1.82) is 0 Å². The number of furan rings is 1. The second kappa shape index (κ2) is 7.51. The third-order valence-corrected chi connectivity index (χ3v) is 4.45. The molecule has 0 aliphatic heterocycles. The first-order valence-electron chi connectivity index (χ1n) is 8.48. The topological polar surface area (TPSA) is 112 Å². The zero-order valence-electron chi connectivity index (χ0n) is 15.6. The van der Waals surface area contributed by atoms with Crippen LogP contribution in [0.5, 0.6) is 0 Å². The molecule has 0 saturated carbocycles. The predicted molar refractivity (Wildman–Crippen MR) is 102 cm³/mol. The number of fused-ring (bicyclic) bond motifs is 1. The number of ether oxygens (including phenoxy) is 1. The van der Waals surface area contributed by atoms with Crippen LogP contribution in [0.15, 0.2) is 40.8 Å². The molecule has 0 aliphatic carbocycles. The molecule has 144 valence electrons. The third-order valence-electron chi connectivity index (χ3n) is 4.45. The first-order valence-corrected chi connectivity index (χ1v) is 8.48. The molecule has 0 aliphatic rings. The van der Waals surface area contributed by atoms with Crippen molar-refractivity contribution in [3.8, 4) is 0 Å². The molecule has 0 unspecified atom stereocenters. The molecule has 3 aromatic rings. The molecule has 1 N–H and O–H groups in total. The summed E-state index contributed by atoms with van der Waals surface area (Å²) in [5, 5.41) is 14.4. The van der Waals surface area contributed by atoms with Crippen LogP contribution in [0.4, 0.5) is 11.4 Å². The Kier molecular flexibility index (Phi) is 5.12. The van der Waals surface area contributed by atoms with Crippen LogP contribution in [0.2, 0.25) is 0 Å². The van der Waals surface area contributed by atoms with Crippen molar-refractivity contribution in [1.82, 2.24) is 0 Å². The summed E-state index contributed by atoms with van der Waals surface area (Å²) in [6, 6.07) is 10.0. The number of hydrogen-bond donors (Lipinski definition) is 1. The highest BCUT2D eigenvalue weighted by atomic mass is 16.6. The van der Waals surface area contributed by atoms with Crippen molar-refractivity contribution in [3.05, 3.63) is 69.0 Å². The molecule has 8 nitrogen and oxygen atoms in total. The van der Waals surface area contributed by atoms with Crippen molar-refractivity contribution in [2.75, 3.05) is 11.9 Å². The van der Waals surface area contributed by atoms with Crippen LogP contribution in [0.1, 0.15) is 27.2 Å². The van der Waals surface area contributed by atoms with E-state index in [1.165, 1.54) is 12.1 Å². The van der Waals surface area contributed by atoms with E-state index in [9.17, 15) is 19.7 Å². The smallest absolute Gasteiger partial charge is 0.375 e. The molecular formula is C20H18N2O6. The highest BCUT2D eigenvalue weighted by Crippen LogP contribution is 2.28. The van der Waals surface area contributed by atoms with Crippen molar-refractivity contribution >= 4 is 34.2 Å². The Morgan fingerprint density at radius 3 is 2.50 bits per heavy atom. The van der Waals surface area contributed by atoms with E-state index in [2.05, 4.69) is 5.32 Å². The predicted octanol–water partition coefficient (Wildman–Crippen LogP) is 4.06. The van der Waals surface area contributed by atoms with Crippen LogP contribution in [-0.2, 0) is 9.53 Å². The number of aryl methyl sites for hydroxylation is 3. The van der Waals surface area contributed by atoms with Gasteiger partial charge < -0.3 is 14.5 Å². The number of carbonyl (C=O) groups is 2. The minimum atomic E-state index is -0.779. The van der Waals surface area contributed by atoms with Crippen LogP contribution >= 0.6 is 0 Å². The Morgan fingerprint density at radius 2 is 1.82 bits per heavy atom. The lowest BCUT2D eigenvalue weighted by Crippen LogP contribution is -2.21. The molecule has 28 heavy (non-hydrogen) atoms. The zero-order valence-corrected chi connectivity index (χ0v) is 15.6. The van der Waals surface area contributed by atoms with Gasteiger partial charge in [0.1, 0.15) is 11.3 Å². The average Bonchev–Trinajstić information content (AvgIpc) is 2.99. The first-order chi connectivity index (χ1) is 13.3. The van der Waals surface area contributed by atoms with Crippen LogP contribution in [0.3, 0.4) is 0 Å². The lowest BCUT2D eigenvalue weighted by molar-refractivity contribution is -0.384. The molecule has 1 amide bonds. The fourth-order valence-electron chi connectivity index (χ4n) is 2.80. The summed E-state index contributed by atoms with van der Waals surface area (Å²) >= 11 is 0. The summed E-state index contributed by atoms with van der Waals surface area (Å²) in [5.41, 5.74) is 2.50. The number of anilines is 1. The van der Waals surface area contributed by atoms with Gasteiger partial charge in [-0.15, -0.1) is 0 Å². The Labute approximate surface area is 160 Å². The van der Waals surface area contributed by atoms with Gasteiger partial charge in [-0.2, -0.15) is 0 Å². The van der Waals surface area contributed by atoms with E-state index < -0.39 is 23.4 Å². The summed E-state index contributed by atoms with van der Waals surface area (Å²) < 4.78 is 10.5. The number of amides is 1. The minimum absolute atomic E-state index is 0.0196. The van der Waals surface area contributed by atoms with Gasteiger partial charge in [-0.25, -0.2) is 4.79 Å². The monoisotopic (exact) mass is 382 g/mol. The van der Waals surface area contributed by atoms with E-state index in [4.69, 9.17) is 9.15 Å². The number of hydrogen-bond acceptors (Lipinski definition) is 6. The standard InChI is InChI=1S/C20H18N2O6/c1-11-8-15(16(22(25)26)9-12(11)2)21-18(23)10-27-20(24)19-13(3)14-6-4-5-7-17(14)28-19/h4-9H,10H2,1-3H3,(H,21,23). The minimum Gasteiger partial charge on any atom is -0.450 e. The van der Waals surface area contributed by atoms with Gasteiger partial charge in [0.15, 0.2) is 6.61 Å². The van der Waals surface area contributed by atoms with E-state index in [0.717, 1.165) is 16.5 Å². The molecule has 1 heterocycles. The van der Waals surface area contributed by atoms with Gasteiger partial charge in [-0.1, -0.05) is 18.2 Å². The van der Waals surface area contributed by atoms with Gasteiger partial charge in [0.2, 0.25) is 5.76 Å². The van der Waals surface area contributed by atoms with Crippen LogP contribution in [0.25, 0.3) is 11.0 Å². The fourth-order valence-corrected chi connectivity index (χ4v) is 2.80. The van der Waals surface area contributed by atoms with Crippen molar-refractivity contribution in [2.45, 2.75) is 20.8 Å². The molecule has 0 atom stereocenters. The number of nitrogens with one attached hydrogen (secondary N) is 1. The Bertz CT molecular complexity index is 1100. The number of rotatable bonds is 5. The van der Waals surface area contributed by atoms with Crippen LogP contribution in [-0.4, -0.2) is 23.4 Å². The van der Waals surface area contributed by atoms with E-state index in [1.54, 1.807) is 32.9 Å². The molecule has 1 aromatic heterocycles. The summed E-state index contributed by atoms with van der Waals surface area (Å²) in [5.74, 6) is -1.45.